The number of hydrogen-bond donors (Lipinski definition) is 0. The summed E-state index contributed by atoms with van der Waals surface area (Å²) in [5.74, 6) is -0.265. The highest BCUT2D eigenvalue weighted by Gasteiger charge is 2.10. The Balaban J connectivity index is 1.82. The fraction of sp³-hybridized carbons (Fsp3) is 0.0476. The lowest BCUT2D eigenvalue weighted by atomic mass is 10.0. The second kappa shape index (κ2) is 7.47. The Labute approximate surface area is 140 Å². The topological polar surface area (TPSA) is 29.4 Å². The van der Waals surface area contributed by atoms with Gasteiger partial charge in [0.1, 0.15) is 5.82 Å². The Morgan fingerprint density at radius 1 is 0.875 bits per heavy atom. The first-order valence-corrected chi connectivity index (χ1v) is 7.68. The molecule has 0 bridgehead atoms. The maximum Gasteiger partial charge on any atom is 0.169 e. The number of carbonyl (C=O) groups excluding carboxylic acids is 1. The Morgan fingerprint density at radius 3 is 2.29 bits per heavy atom. The van der Waals surface area contributed by atoms with Crippen LogP contribution in [0.5, 0.6) is 0 Å². The number of halogens is 1. The Kier molecular flexibility index (Phi) is 4.92. The van der Waals surface area contributed by atoms with Gasteiger partial charge in [-0.1, -0.05) is 54.6 Å². The fourth-order valence-electron chi connectivity index (χ4n) is 2.39. The van der Waals surface area contributed by atoms with Gasteiger partial charge >= 0.3 is 0 Å². The van der Waals surface area contributed by atoms with Gasteiger partial charge in [0.25, 0.3) is 0 Å². The molecule has 2 nitrogen and oxygen atoms in total. The molecule has 3 rings (SSSR count). The first kappa shape index (κ1) is 15.8. The molecule has 0 N–H and O–H groups in total. The van der Waals surface area contributed by atoms with Crippen molar-refractivity contribution in [1.29, 1.82) is 0 Å². The van der Waals surface area contributed by atoms with Gasteiger partial charge in [0.2, 0.25) is 0 Å². The van der Waals surface area contributed by atoms with Crippen LogP contribution in [0.25, 0.3) is 0 Å². The lowest BCUT2D eigenvalue weighted by Crippen LogP contribution is -2.03. The average Bonchev–Trinajstić information content (AvgIpc) is 2.62. The fourth-order valence-corrected chi connectivity index (χ4v) is 2.39. The largest absolute Gasteiger partial charge is 0.294 e. The number of nitrogens with zero attached hydrogens (tertiary/aromatic N) is 1. The number of para-hydroxylation sites is 1. The van der Waals surface area contributed by atoms with Gasteiger partial charge in [-0.15, -0.1) is 0 Å². The molecule has 3 heteroatoms. The molecular weight excluding hydrogens is 301 g/mol. The lowest BCUT2D eigenvalue weighted by molar-refractivity contribution is 0.0993. The summed E-state index contributed by atoms with van der Waals surface area (Å²) in [4.78, 5) is 17.0. The zero-order valence-electron chi connectivity index (χ0n) is 13.0. The second-order valence-electron chi connectivity index (χ2n) is 5.41. The van der Waals surface area contributed by atoms with Crippen molar-refractivity contribution in [1.82, 2.24) is 0 Å². The zero-order chi connectivity index (χ0) is 16.8. The van der Waals surface area contributed by atoms with Crippen LogP contribution in [0, 0.1) is 5.82 Å². The van der Waals surface area contributed by atoms with Gasteiger partial charge in [-0.3, -0.25) is 9.79 Å². The van der Waals surface area contributed by atoms with E-state index in [1.807, 2.05) is 42.5 Å². The van der Waals surface area contributed by atoms with Gasteiger partial charge in [-0.25, -0.2) is 4.39 Å². The highest BCUT2D eigenvalue weighted by atomic mass is 19.1. The monoisotopic (exact) mass is 317 g/mol. The van der Waals surface area contributed by atoms with Crippen LogP contribution in [0.2, 0.25) is 0 Å². The molecule has 0 saturated carbocycles. The predicted octanol–water partition coefficient (Wildman–Crippen LogP) is 5.00. The van der Waals surface area contributed by atoms with E-state index in [0.717, 1.165) is 11.1 Å². The number of rotatable bonds is 5. The van der Waals surface area contributed by atoms with Gasteiger partial charge in [0.15, 0.2) is 5.78 Å². The third-order valence-electron chi connectivity index (χ3n) is 3.63. The molecule has 0 amide bonds. The average molecular weight is 317 g/mol. The summed E-state index contributed by atoms with van der Waals surface area (Å²) < 4.78 is 12.9. The predicted molar refractivity (Wildman–Crippen MR) is 94.6 cm³/mol. The molecule has 0 aliphatic carbocycles. The maximum atomic E-state index is 12.9. The number of Topliss-reactive ketones (excluding diaryl/α,β-unsaturated/α-hetero) is 1. The van der Waals surface area contributed by atoms with Crippen molar-refractivity contribution in [2.24, 2.45) is 4.99 Å². The minimum atomic E-state index is -0.286. The Bertz CT molecular complexity index is 855. The summed E-state index contributed by atoms with van der Waals surface area (Å²) >= 11 is 0. The van der Waals surface area contributed by atoms with E-state index < -0.39 is 0 Å². The summed E-state index contributed by atoms with van der Waals surface area (Å²) in [6, 6.07) is 22.9. The van der Waals surface area contributed by atoms with Gasteiger partial charge in [-0.05, 0) is 35.4 Å². The van der Waals surface area contributed by atoms with E-state index >= 15 is 0 Å². The van der Waals surface area contributed by atoms with Crippen molar-refractivity contribution in [3.05, 3.63) is 101 Å². The zero-order valence-corrected chi connectivity index (χ0v) is 13.0. The van der Waals surface area contributed by atoms with Crippen molar-refractivity contribution in [2.75, 3.05) is 0 Å². The van der Waals surface area contributed by atoms with Crippen LogP contribution in [0.1, 0.15) is 21.5 Å². The van der Waals surface area contributed by atoms with Crippen LogP contribution in [0.4, 0.5) is 10.1 Å². The minimum absolute atomic E-state index is 0.0213. The third-order valence-corrected chi connectivity index (χ3v) is 3.63. The molecular formula is C21H16FNO. The second-order valence-corrected chi connectivity index (χ2v) is 5.41. The molecule has 3 aromatic carbocycles. The summed E-state index contributed by atoms with van der Waals surface area (Å²) in [6.07, 6.45) is 1.97. The molecule has 0 unspecified atom stereocenters. The molecule has 0 radical (unpaired) electrons. The third kappa shape index (κ3) is 4.02. The quantitative estimate of drug-likeness (QED) is 0.481. The van der Waals surface area contributed by atoms with Gasteiger partial charge in [0.05, 0.1) is 5.69 Å². The number of benzene rings is 3. The molecule has 3 aromatic rings. The first-order chi connectivity index (χ1) is 11.7. The lowest BCUT2D eigenvalue weighted by Gasteiger charge is -2.05. The van der Waals surface area contributed by atoms with Gasteiger partial charge in [-0.2, -0.15) is 0 Å². The summed E-state index contributed by atoms with van der Waals surface area (Å²) in [6.45, 7) is 0. The molecule has 0 aliphatic rings. The first-order valence-electron chi connectivity index (χ1n) is 7.68. The highest BCUT2D eigenvalue weighted by Crippen LogP contribution is 2.21. The summed E-state index contributed by atoms with van der Waals surface area (Å²) in [7, 11) is 0. The van der Waals surface area contributed by atoms with Gasteiger partial charge < -0.3 is 0 Å². The number of ketones is 1. The van der Waals surface area contributed by atoms with Crippen LogP contribution < -0.4 is 0 Å². The molecule has 0 heterocycles. The highest BCUT2D eigenvalue weighted by molar-refractivity contribution is 6.02. The molecule has 0 atom stereocenters. The van der Waals surface area contributed by atoms with Crippen molar-refractivity contribution >= 4 is 17.7 Å². The molecule has 0 saturated heterocycles. The molecule has 0 aliphatic heterocycles. The number of aliphatic imine (C=N–C) groups is 1. The Hall–Kier alpha value is -3.07. The van der Waals surface area contributed by atoms with E-state index in [-0.39, 0.29) is 11.6 Å². The SMILES string of the molecule is O=C(Cc1ccccc1)c1ccccc1N=Cc1ccc(F)cc1. The van der Waals surface area contributed by atoms with Gasteiger partial charge in [0, 0.05) is 18.2 Å². The van der Waals surface area contributed by atoms with E-state index in [1.54, 1.807) is 30.5 Å². The van der Waals surface area contributed by atoms with E-state index in [4.69, 9.17) is 0 Å². The van der Waals surface area contributed by atoms with E-state index in [0.29, 0.717) is 17.7 Å². The number of hydrogen-bond acceptors (Lipinski definition) is 2. The van der Waals surface area contributed by atoms with Crippen molar-refractivity contribution in [2.45, 2.75) is 6.42 Å². The van der Waals surface area contributed by atoms with Crippen LogP contribution in [0.15, 0.2) is 83.9 Å². The normalized spacial score (nSPS) is 10.9. The minimum Gasteiger partial charge on any atom is -0.294 e. The molecule has 0 fully saturated rings. The molecule has 118 valence electrons. The van der Waals surface area contributed by atoms with E-state index in [1.165, 1.54) is 12.1 Å². The summed E-state index contributed by atoms with van der Waals surface area (Å²) in [5.41, 5.74) is 2.95. The van der Waals surface area contributed by atoms with Crippen LogP contribution in [0.3, 0.4) is 0 Å². The van der Waals surface area contributed by atoms with Crippen molar-refractivity contribution in [3.8, 4) is 0 Å². The van der Waals surface area contributed by atoms with Crippen molar-refractivity contribution < 1.29 is 9.18 Å². The smallest absolute Gasteiger partial charge is 0.169 e. The molecule has 0 aromatic heterocycles. The summed E-state index contributed by atoms with van der Waals surface area (Å²) in [5, 5.41) is 0. The molecule has 0 spiro atoms. The Morgan fingerprint density at radius 2 is 1.54 bits per heavy atom. The standard InChI is InChI=1S/C21H16FNO/c22-18-12-10-17(11-13-18)15-23-20-9-5-4-8-19(20)21(24)14-16-6-2-1-3-7-16/h1-13,15H,14H2. The van der Waals surface area contributed by atoms with E-state index in [2.05, 4.69) is 4.99 Å². The van der Waals surface area contributed by atoms with Crippen LogP contribution in [-0.2, 0) is 6.42 Å². The molecule has 24 heavy (non-hydrogen) atoms. The van der Waals surface area contributed by atoms with E-state index in [9.17, 15) is 9.18 Å². The number of carbonyl (C=O) groups is 1. The van der Waals surface area contributed by atoms with Crippen LogP contribution >= 0.6 is 0 Å². The van der Waals surface area contributed by atoms with Crippen molar-refractivity contribution in [3.63, 3.8) is 0 Å². The van der Waals surface area contributed by atoms with Crippen LogP contribution in [-0.4, -0.2) is 12.0 Å². The maximum absolute atomic E-state index is 12.9.